The van der Waals surface area contributed by atoms with Crippen molar-refractivity contribution in [3.63, 3.8) is 0 Å². The molecule has 0 aliphatic carbocycles. The second kappa shape index (κ2) is 6.77. The highest BCUT2D eigenvalue weighted by molar-refractivity contribution is 6.02. The molecule has 0 heterocycles. The minimum Gasteiger partial charge on any atom is -0.409 e. The van der Waals surface area contributed by atoms with Gasteiger partial charge in [-0.3, -0.25) is 0 Å². The van der Waals surface area contributed by atoms with Crippen LogP contribution in [0.5, 0.6) is 0 Å². The smallest absolute Gasteiger partial charge is 0.172 e. The van der Waals surface area contributed by atoms with E-state index in [0.29, 0.717) is 5.69 Å². The van der Waals surface area contributed by atoms with Crippen LogP contribution in [0.1, 0.15) is 5.56 Å². The highest BCUT2D eigenvalue weighted by Gasteiger charge is 2.14. The fraction of sp³-hybridized carbons (Fsp3) is 0.364. The number of aliphatic hydroxyl groups excluding tert-OH is 2. The molecule has 0 bridgehead atoms. The third-order valence-corrected chi connectivity index (χ3v) is 2.42. The second-order valence-corrected chi connectivity index (χ2v) is 3.58. The first-order valence-corrected chi connectivity index (χ1v) is 5.38. The van der Waals surface area contributed by atoms with E-state index in [2.05, 4.69) is 5.16 Å². The van der Waals surface area contributed by atoms with Crippen LogP contribution < -0.4 is 10.6 Å². The fourth-order valence-corrected chi connectivity index (χ4v) is 1.64. The maximum Gasteiger partial charge on any atom is 0.172 e. The molecule has 1 aromatic carbocycles. The largest absolute Gasteiger partial charge is 0.409 e. The van der Waals surface area contributed by atoms with Crippen LogP contribution in [0.2, 0.25) is 0 Å². The van der Waals surface area contributed by atoms with Crippen molar-refractivity contribution in [1.29, 1.82) is 0 Å². The molecule has 0 aliphatic rings. The number of hydrogen-bond acceptors (Lipinski definition) is 5. The van der Waals surface area contributed by atoms with Gasteiger partial charge in [0.2, 0.25) is 0 Å². The fourth-order valence-electron chi connectivity index (χ4n) is 1.64. The van der Waals surface area contributed by atoms with Gasteiger partial charge in [-0.25, -0.2) is 4.39 Å². The third kappa shape index (κ3) is 3.31. The van der Waals surface area contributed by atoms with E-state index in [1.54, 1.807) is 4.90 Å². The molecule has 0 saturated heterocycles. The van der Waals surface area contributed by atoms with Crippen LogP contribution >= 0.6 is 0 Å². The molecule has 100 valence electrons. The van der Waals surface area contributed by atoms with Crippen LogP contribution in [0.25, 0.3) is 0 Å². The van der Waals surface area contributed by atoms with Gasteiger partial charge in [-0.15, -0.1) is 0 Å². The number of benzene rings is 1. The monoisotopic (exact) mass is 257 g/mol. The van der Waals surface area contributed by atoms with Crippen molar-refractivity contribution in [2.45, 2.75) is 0 Å². The van der Waals surface area contributed by atoms with Crippen molar-refractivity contribution in [2.75, 3.05) is 31.2 Å². The summed E-state index contributed by atoms with van der Waals surface area (Å²) in [6.45, 7) is 0.232. The summed E-state index contributed by atoms with van der Waals surface area (Å²) in [4.78, 5) is 1.62. The highest BCUT2D eigenvalue weighted by atomic mass is 19.1. The quantitative estimate of drug-likeness (QED) is 0.243. The SMILES string of the molecule is NC(=NO)c1cc(F)ccc1N(CCO)CCO. The normalized spacial score (nSPS) is 11.6. The predicted octanol–water partition coefficient (Wildman–Crippen LogP) is -0.289. The van der Waals surface area contributed by atoms with Crippen molar-refractivity contribution >= 4 is 11.5 Å². The molecule has 0 saturated carbocycles. The van der Waals surface area contributed by atoms with Crippen molar-refractivity contribution in [3.05, 3.63) is 29.6 Å². The molecule has 18 heavy (non-hydrogen) atoms. The molecule has 0 amide bonds. The molecule has 6 nitrogen and oxygen atoms in total. The number of amidine groups is 1. The number of oxime groups is 1. The van der Waals surface area contributed by atoms with E-state index >= 15 is 0 Å². The Morgan fingerprint density at radius 3 is 2.39 bits per heavy atom. The number of anilines is 1. The summed E-state index contributed by atoms with van der Waals surface area (Å²) in [6.07, 6.45) is 0. The van der Waals surface area contributed by atoms with Gasteiger partial charge in [0.25, 0.3) is 0 Å². The standard InChI is InChI=1S/C11H16FN3O3/c12-8-1-2-10(9(7-8)11(13)14-18)15(3-5-16)4-6-17/h1-2,7,16-18H,3-6H2,(H2,13,14). The van der Waals surface area contributed by atoms with Crippen LogP contribution in [0, 0.1) is 5.82 Å². The molecular weight excluding hydrogens is 241 g/mol. The first-order valence-electron chi connectivity index (χ1n) is 5.38. The zero-order chi connectivity index (χ0) is 13.5. The molecule has 5 N–H and O–H groups in total. The Morgan fingerprint density at radius 2 is 1.89 bits per heavy atom. The van der Waals surface area contributed by atoms with E-state index in [0.717, 1.165) is 6.07 Å². The summed E-state index contributed by atoms with van der Waals surface area (Å²) in [5.74, 6) is -0.751. The Bertz CT molecular complexity index is 420. The molecule has 7 heteroatoms. The van der Waals surface area contributed by atoms with Gasteiger partial charge in [-0.2, -0.15) is 0 Å². The van der Waals surface area contributed by atoms with Crippen molar-refractivity contribution < 1.29 is 19.8 Å². The number of rotatable bonds is 6. The van der Waals surface area contributed by atoms with Crippen molar-refractivity contribution in [2.24, 2.45) is 10.9 Å². The molecule has 0 aromatic heterocycles. The van der Waals surface area contributed by atoms with Gasteiger partial charge in [0.1, 0.15) is 5.82 Å². The van der Waals surface area contributed by atoms with Gasteiger partial charge in [0.15, 0.2) is 5.84 Å². The lowest BCUT2D eigenvalue weighted by Crippen LogP contribution is -2.32. The van der Waals surface area contributed by atoms with Gasteiger partial charge in [0, 0.05) is 24.3 Å². The number of halogens is 1. The van der Waals surface area contributed by atoms with Gasteiger partial charge in [0.05, 0.1) is 13.2 Å². The summed E-state index contributed by atoms with van der Waals surface area (Å²) in [5, 5.41) is 29.4. The minimum atomic E-state index is -0.520. The third-order valence-electron chi connectivity index (χ3n) is 2.42. The first-order chi connectivity index (χ1) is 8.63. The topological polar surface area (TPSA) is 102 Å². The van der Waals surface area contributed by atoms with Gasteiger partial charge < -0.3 is 26.1 Å². The second-order valence-electron chi connectivity index (χ2n) is 3.58. The maximum absolute atomic E-state index is 13.2. The number of hydrogen-bond donors (Lipinski definition) is 4. The molecule has 1 aromatic rings. The lowest BCUT2D eigenvalue weighted by atomic mass is 10.1. The summed E-state index contributed by atoms with van der Waals surface area (Å²) in [7, 11) is 0. The number of aliphatic hydroxyl groups is 2. The lowest BCUT2D eigenvalue weighted by Gasteiger charge is -2.25. The highest BCUT2D eigenvalue weighted by Crippen LogP contribution is 2.21. The maximum atomic E-state index is 13.2. The lowest BCUT2D eigenvalue weighted by molar-refractivity contribution is 0.281. The van der Waals surface area contributed by atoms with Crippen LogP contribution in [0.15, 0.2) is 23.4 Å². The average Bonchev–Trinajstić information content (AvgIpc) is 2.37. The van der Waals surface area contributed by atoms with Crippen LogP contribution in [-0.2, 0) is 0 Å². The van der Waals surface area contributed by atoms with Crippen LogP contribution in [-0.4, -0.2) is 47.6 Å². The Morgan fingerprint density at radius 1 is 1.28 bits per heavy atom. The minimum absolute atomic E-state index is 0.132. The van der Waals surface area contributed by atoms with Gasteiger partial charge in [-0.1, -0.05) is 5.16 Å². The Hall–Kier alpha value is -1.86. The van der Waals surface area contributed by atoms with E-state index in [9.17, 15) is 4.39 Å². The molecule has 1 rings (SSSR count). The average molecular weight is 257 g/mol. The molecule has 0 radical (unpaired) electrons. The summed E-state index contributed by atoms with van der Waals surface area (Å²) in [5.41, 5.74) is 6.16. The van der Waals surface area contributed by atoms with E-state index in [4.69, 9.17) is 21.2 Å². The molecule has 0 atom stereocenters. The van der Waals surface area contributed by atoms with E-state index in [1.165, 1.54) is 12.1 Å². The van der Waals surface area contributed by atoms with E-state index in [-0.39, 0.29) is 37.7 Å². The molecule has 0 fully saturated rings. The van der Waals surface area contributed by atoms with E-state index in [1.807, 2.05) is 0 Å². The summed E-state index contributed by atoms with van der Waals surface area (Å²) < 4.78 is 13.2. The molecule has 0 spiro atoms. The summed E-state index contributed by atoms with van der Waals surface area (Å²) in [6, 6.07) is 3.81. The van der Waals surface area contributed by atoms with E-state index < -0.39 is 5.82 Å². The Balaban J connectivity index is 3.19. The Labute approximate surface area is 104 Å². The molecular formula is C11H16FN3O3. The molecule has 0 aliphatic heterocycles. The van der Waals surface area contributed by atoms with Crippen LogP contribution in [0.3, 0.4) is 0 Å². The zero-order valence-corrected chi connectivity index (χ0v) is 9.75. The molecule has 0 unspecified atom stereocenters. The number of nitrogens with zero attached hydrogens (tertiary/aromatic N) is 2. The zero-order valence-electron chi connectivity index (χ0n) is 9.75. The first kappa shape index (κ1) is 14.2. The summed E-state index contributed by atoms with van der Waals surface area (Å²) >= 11 is 0. The van der Waals surface area contributed by atoms with Crippen LogP contribution in [0.4, 0.5) is 10.1 Å². The van der Waals surface area contributed by atoms with Gasteiger partial charge >= 0.3 is 0 Å². The number of nitrogens with two attached hydrogens (primary N) is 1. The van der Waals surface area contributed by atoms with Crippen molar-refractivity contribution in [1.82, 2.24) is 0 Å². The van der Waals surface area contributed by atoms with Crippen molar-refractivity contribution in [3.8, 4) is 0 Å². The Kier molecular flexibility index (Phi) is 5.34. The van der Waals surface area contributed by atoms with Gasteiger partial charge in [-0.05, 0) is 18.2 Å². The predicted molar refractivity (Wildman–Crippen MR) is 65.3 cm³/mol.